The van der Waals surface area contributed by atoms with E-state index in [0.29, 0.717) is 13.0 Å². The monoisotopic (exact) mass is 167 g/mol. The molecule has 0 aromatic carbocycles. The van der Waals surface area contributed by atoms with Gasteiger partial charge in [0, 0.05) is 6.26 Å². The van der Waals surface area contributed by atoms with Crippen molar-refractivity contribution >= 4 is 9.84 Å². The van der Waals surface area contributed by atoms with Crippen LogP contribution in [0.3, 0.4) is 0 Å². The number of nitrogens with two attached hydrogens (primary N) is 1. The van der Waals surface area contributed by atoms with Gasteiger partial charge in [0.25, 0.3) is 0 Å². The van der Waals surface area contributed by atoms with Crippen LogP contribution in [0.4, 0.5) is 0 Å². The molecule has 0 bridgehead atoms. The SMILES string of the molecule is CS(=O)(=O)C[C@H](O)CCN. The molecule has 1 atom stereocenters. The molecule has 3 N–H and O–H groups in total. The largest absolute Gasteiger partial charge is 0.392 e. The first-order valence-electron chi connectivity index (χ1n) is 3.01. The van der Waals surface area contributed by atoms with Crippen LogP contribution in [0.5, 0.6) is 0 Å². The Kier molecular flexibility index (Phi) is 3.85. The highest BCUT2D eigenvalue weighted by molar-refractivity contribution is 7.90. The molecule has 0 aliphatic rings. The fraction of sp³-hybridized carbons (Fsp3) is 1.00. The van der Waals surface area contributed by atoms with Gasteiger partial charge >= 0.3 is 0 Å². The second kappa shape index (κ2) is 3.90. The maximum Gasteiger partial charge on any atom is 0.149 e. The summed E-state index contributed by atoms with van der Waals surface area (Å²) in [6, 6.07) is 0. The molecule has 0 aromatic rings. The van der Waals surface area contributed by atoms with Crippen LogP contribution >= 0.6 is 0 Å². The van der Waals surface area contributed by atoms with E-state index >= 15 is 0 Å². The summed E-state index contributed by atoms with van der Waals surface area (Å²) < 4.78 is 21.0. The Balaban J connectivity index is 3.69. The maximum atomic E-state index is 10.5. The molecule has 0 rings (SSSR count). The van der Waals surface area contributed by atoms with Crippen molar-refractivity contribution in [1.29, 1.82) is 0 Å². The minimum Gasteiger partial charge on any atom is -0.392 e. The Morgan fingerprint density at radius 3 is 2.40 bits per heavy atom. The first kappa shape index (κ1) is 9.87. The number of rotatable bonds is 4. The number of sulfone groups is 1. The molecule has 5 heteroatoms. The molecule has 0 aliphatic carbocycles. The lowest BCUT2D eigenvalue weighted by molar-refractivity contribution is 0.190. The van der Waals surface area contributed by atoms with E-state index < -0.39 is 15.9 Å². The highest BCUT2D eigenvalue weighted by atomic mass is 32.2. The summed E-state index contributed by atoms with van der Waals surface area (Å²) in [5.74, 6) is -0.190. The van der Waals surface area contributed by atoms with Crippen molar-refractivity contribution in [3.63, 3.8) is 0 Å². The zero-order valence-electron chi connectivity index (χ0n) is 5.95. The van der Waals surface area contributed by atoms with Crippen molar-refractivity contribution < 1.29 is 13.5 Å². The molecule has 0 saturated carbocycles. The normalized spacial score (nSPS) is 15.1. The van der Waals surface area contributed by atoms with Crippen LogP contribution in [0.2, 0.25) is 0 Å². The fourth-order valence-electron chi connectivity index (χ4n) is 0.625. The van der Waals surface area contributed by atoms with Crippen molar-refractivity contribution in [2.45, 2.75) is 12.5 Å². The van der Waals surface area contributed by atoms with Gasteiger partial charge in [0.15, 0.2) is 0 Å². The fourth-order valence-corrected chi connectivity index (χ4v) is 1.49. The van der Waals surface area contributed by atoms with E-state index in [1.807, 2.05) is 0 Å². The third-order valence-electron chi connectivity index (χ3n) is 0.995. The quantitative estimate of drug-likeness (QED) is 0.547. The molecular weight excluding hydrogens is 154 g/mol. The topological polar surface area (TPSA) is 80.4 Å². The van der Waals surface area contributed by atoms with Gasteiger partial charge < -0.3 is 10.8 Å². The molecule has 0 radical (unpaired) electrons. The van der Waals surface area contributed by atoms with E-state index in [9.17, 15) is 8.42 Å². The zero-order valence-corrected chi connectivity index (χ0v) is 6.76. The molecule has 0 amide bonds. The van der Waals surface area contributed by atoms with Gasteiger partial charge in [-0.1, -0.05) is 0 Å². The molecule has 0 aromatic heterocycles. The van der Waals surface area contributed by atoms with E-state index in [4.69, 9.17) is 10.8 Å². The highest BCUT2D eigenvalue weighted by Gasteiger charge is 2.10. The summed E-state index contributed by atoms with van der Waals surface area (Å²) in [5.41, 5.74) is 5.09. The first-order valence-corrected chi connectivity index (χ1v) is 5.07. The molecule has 0 saturated heterocycles. The van der Waals surface area contributed by atoms with Crippen LogP contribution in [0, 0.1) is 0 Å². The van der Waals surface area contributed by atoms with Gasteiger partial charge in [-0.2, -0.15) is 0 Å². The van der Waals surface area contributed by atoms with E-state index in [1.54, 1.807) is 0 Å². The maximum absolute atomic E-state index is 10.5. The summed E-state index contributed by atoms with van der Waals surface area (Å²) in [6.07, 6.45) is 0.625. The van der Waals surface area contributed by atoms with Gasteiger partial charge in [-0.15, -0.1) is 0 Å². The van der Waals surface area contributed by atoms with Gasteiger partial charge in [-0.25, -0.2) is 8.42 Å². The molecule has 10 heavy (non-hydrogen) atoms. The first-order chi connectivity index (χ1) is 4.45. The van der Waals surface area contributed by atoms with Gasteiger partial charge in [-0.05, 0) is 13.0 Å². The molecule has 4 nitrogen and oxygen atoms in total. The van der Waals surface area contributed by atoms with Crippen molar-refractivity contribution in [2.24, 2.45) is 5.73 Å². The standard InChI is InChI=1S/C5H13NO3S/c1-10(8,9)4-5(7)2-3-6/h5,7H,2-4,6H2,1H3/t5-/m1/s1. The third kappa shape index (κ3) is 6.00. The summed E-state index contributed by atoms with van der Waals surface area (Å²) in [6.45, 7) is 0.316. The second-order valence-corrected chi connectivity index (χ2v) is 4.51. The van der Waals surface area contributed by atoms with Gasteiger partial charge in [0.1, 0.15) is 9.84 Å². The van der Waals surface area contributed by atoms with Crippen molar-refractivity contribution in [3.8, 4) is 0 Å². The van der Waals surface area contributed by atoms with Gasteiger partial charge in [0.2, 0.25) is 0 Å². The highest BCUT2D eigenvalue weighted by Crippen LogP contribution is 1.93. The molecule has 62 valence electrons. The molecule has 0 heterocycles. The summed E-state index contributed by atoms with van der Waals surface area (Å²) in [5, 5.41) is 8.93. The van der Waals surface area contributed by atoms with Crippen LogP contribution in [0.25, 0.3) is 0 Å². The molecule has 0 fully saturated rings. The number of hydrogen-bond acceptors (Lipinski definition) is 4. The van der Waals surface area contributed by atoms with Crippen LogP contribution in [-0.2, 0) is 9.84 Å². The third-order valence-corrected chi connectivity index (χ3v) is 1.99. The Bertz CT molecular complexity index is 175. The lowest BCUT2D eigenvalue weighted by Gasteiger charge is -2.05. The molecule has 0 unspecified atom stereocenters. The van der Waals surface area contributed by atoms with E-state index in [2.05, 4.69) is 0 Å². The number of aliphatic hydroxyl groups excluding tert-OH is 1. The van der Waals surface area contributed by atoms with E-state index in [1.165, 1.54) is 0 Å². The lowest BCUT2D eigenvalue weighted by Crippen LogP contribution is -2.22. The Labute approximate surface area is 61.0 Å². The number of hydrogen-bond donors (Lipinski definition) is 2. The van der Waals surface area contributed by atoms with Crippen molar-refractivity contribution in [1.82, 2.24) is 0 Å². The van der Waals surface area contributed by atoms with Crippen LogP contribution < -0.4 is 5.73 Å². The summed E-state index contributed by atoms with van der Waals surface area (Å²) in [7, 11) is -3.05. The average Bonchev–Trinajstić information content (AvgIpc) is 1.59. The Morgan fingerprint density at radius 1 is 1.60 bits per heavy atom. The van der Waals surface area contributed by atoms with Gasteiger partial charge in [0.05, 0.1) is 11.9 Å². The Morgan fingerprint density at radius 2 is 2.10 bits per heavy atom. The van der Waals surface area contributed by atoms with E-state index in [-0.39, 0.29) is 5.75 Å². The zero-order chi connectivity index (χ0) is 8.20. The minimum atomic E-state index is -3.05. The summed E-state index contributed by atoms with van der Waals surface area (Å²) in [4.78, 5) is 0. The van der Waals surface area contributed by atoms with Crippen LogP contribution in [-0.4, -0.2) is 38.2 Å². The van der Waals surface area contributed by atoms with Crippen LogP contribution in [0.1, 0.15) is 6.42 Å². The average molecular weight is 167 g/mol. The molecule has 0 spiro atoms. The Hall–Kier alpha value is -0.130. The predicted molar refractivity (Wildman–Crippen MR) is 39.4 cm³/mol. The van der Waals surface area contributed by atoms with Gasteiger partial charge in [-0.3, -0.25) is 0 Å². The minimum absolute atomic E-state index is 0.190. The van der Waals surface area contributed by atoms with Crippen molar-refractivity contribution in [2.75, 3.05) is 18.6 Å². The second-order valence-electron chi connectivity index (χ2n) is 2.32. The van der Waals surface area contributed by atoms with Crippen LogP contribution in [0.15, 0.2) is 0 Å². The molecule has 0 aliphatic heterocycles. The van der Waals surface area contributed by atoms with E-state index in [0.717, 1.165) is 6.26 Å². The predicted octanol–water partition coefficient (Wildman–Crippen LogP) is -1.26. The molecular formula is C5H13NO3S. The lowest BCUT2D eigenvalue weighted by atomic mass is 10.3. The summed E-state index contributed by atoms with van der Waals surface area (Å²) >= 11 is 0. The smallest absolute Gasteiger partial charge is 0.149 e. The number of aliphatic hydroxyl groups is 1. The van der Waals surface area contributed by atoms with Crippen molar-refractivity contribution in [3.05, 3.63) is 0 Å².